The summed E-state index contributed by atoms with van der Waals surface area (Å²) in [6, 6.07) is 25.8. The summed E-state index contributed by atoms with van der Waals surface area (Å²) in [4.78, 5) is 18.3. The molecule has 2 heterocycles. The number of carbonyl (C=O) groups excluding carboxylic acids is 1. The van der Waals surface area contributed by atoms with Crippen molar-refractivity contribution in [1.82, 2.24) is 10.4 Å². The van der Waals surface area contributed by atoms with Gasteiger partial charge in [0.15, 0.2) is 0 Å². The predicted molar refractivity (Wildman–Crippen MR) is 116 cm³/mol. The second-order valence-corrected chi connectivity index (χ2v) is 7.67. The molecular weight excluding hydrogens is 366 g/mol. The summed E-state index contributed by atoms with van der Waals surface area (Å²) in [6.07, 6.45) is 1.67. The molecule has 0 bridgehead atoms. The van der Waals surface area contributed by atoms with Crippen LogP contribution in [0.3, 0.4) is 0 Å². The van der Waals surface area contributed by atoms with Gasteiger partial charge in [0, 0.05) is 21.0 Å². The zero-order valence-corrected chi connectivity index (χ0v) is 16.2. The van der Waals surface area contributed by atoms with Crippen LogP contribution in [0.4, 0.5) is 0 Å². The van der Waals surface area contributed by atoms with Gasteiger partial charge in [-0.25, -0.2) is 5.43 Å². The van der Waals surface area contributed by atoms with E-state index in [0.29, 0.717) is 5.69 Å². The van der Waals surface area contributed by atoms with Gasteiger partial charge in [-0.1, -0.05) is 60.7 Å². The minimum Gasteiger partial charge on any atom is -0.350 e. The van der Waals surface area contributed by atoms with Crippen molar-refractivity contribution >= 4 is 23.5 Å². The SMILES string of the molecule is Cc1ccc(/C=N/NC(=O)c2[nH]c(-c3ccccc3)cc2-c2ccccc2)s1. The Morgan fingerprint density at radius 3 is 2.29 bits per heavy atom. The molecule has 28 heavy (non-hydrogen) atoms. The standard InChI is InChI=1S/C23H19N3OS/c1-16-12-13-19(28-16)15-24-26-23(27)22-20(17-8-4-2-5-9-17)14-21(25-22)18-10-6-3-7-11-18/h2-15,25H,1H3,(H,26,27)/b24-15+. The maximum atomic E-state index is 12.8. The Labute approximate surface area is 167 Å². The molecule has 0 fully saturated rings. The Kier molecular flexibility index (Phi) is 5.17. The number of H-pyrrole nitrogens is 1. The monoisotopic (exact) mass is 385 g/mol. The zero-order chi connectivity index (χ0) is 19.3. The maximum Gasteiger partial charge on any atom is 0.288 e. The van der Waals surface area contributed by atoms with Crippen molar-refractivity contribution in [3.63, 3.8) is 0 Å². The lowest BCUT2D eigenvalue weighted by Gasteiger charge is -2.03. The Morgan fingerprint density at radius 2 is 1.64 bits per heavy atom. The van der Waals surface area contributed by atoms with Gasteiger partial charge in [-0.15, -0.1) is 11.3 Å². The van der Waals surface area contributed by atoms with Gasteiger partial charge in [0.25, 0.3) is 5.91 Å². The van der Waals surface area contributed by atoms with Gasteiger partial charge in [-0.2, -0.15) is 5.10 Å². The number of aryl methyl sites for hydroxylation is 1. The number of benzene rings is 2. The van der Waals surface area contributed by atoms with Crippen molar-refractivity contribution in [2.45, 2.75) is 6.92 Å². The van der Waals surface area contributed by atoms with Crippen LogP contribution >= 0.6 is 11.3 Å². The minimum absolute atomic E-state index is 0.273. The zero-order valence-electron chi connectivity index (χ0n) is 15.3. The fourth-order valence-electron chi connectivity index (χ4n) is 2.99. The van der Waals surface area contributed by atoms with E-state index in [-0.39, 0.29) is 5.91 Å². The highest BCUT2D eigenvalue weighted by atomic mass is 32.1. The lowest BCUT2D eigenvalue weighted by Crippen LogP contribution is -2.18. The first kappa shape index (κ1) is 17.9. The quantitative estimate of drug-likeness (QED) is 0.347. The van der Waals surface area contributed by atoms with E-state index in [4.69, 9.17) is 0 Å². The molecule has 0 spiro atoms. The highest BCUT2D eigenvalue weighted by molar-refractivity contribution is 7.13. The van der Waals surface area contributed by atoms with Crippen LogP contribution in [0.5, 0.6) is 0 Å². The van der Waals surface area contributed by atoms with E-state index in [1.165, 1.54) is 4.88 Å². The third-order valence-corrected chi connectivity index (χ3v) is 5.27. The number of nitrogens with zero attached hydrogens (tertiary/aromatic N) is 1. The van der Waals surface area contributed by atoms with Gasteiger partial charge in [0.1, 0.15) is 5.69 Å². The van der Waals surface area contributed by atoms with Gasteiger partial charge in [0.05, 0.1) is 6.21 Å². The fraction of sp³-hybridized carbons (Fsp3) is 0.0435. The normalized spacial score (nSPS) is 11.0. The predicted octanol–water partition coefficient (Wildman–Crippen LogP) is 5.48. The summed E-state index contributed by atoms with van der Waals surface area (Å²) >= 11 is 1.63. The smallest absolute Gasteiger partial charge is 0.288 e. The van der Waals surface area contributed by atoms with E-state index in [1.54, 1.807) is 17.6 Å². The van der Waals surface area contributed by atoms with E-state index < -0.39 is 0 Å². The third-order valence-electron chi connectivity index (χ3n) is 4.33. The molecule has 1 amide bonds. The third kappa shape index (κ3) is 3.94. The number of hydrogen-bond acceptors (Lipinski definition) is 3. The van der Waals surface area contributed by atoms with Crippen LogP contribution in [0.2, 0.25) is 0 Å². The molecule has 4 nitrogen and oxygen atoms in total. The van der Waals surface area contributed by atoms with Crippen molar-refractivity contribution in [3.05, 3.63) is 94.3 Å². The highest BCUT2D eigenvalue weighted by Crippen LogP contribution is 2.29. The van der Waals surface area contributed by atoms with Crippen LogP contribution < -0.4 is 5.43 Å². The Balaban J connectivity index is 1.65. The van der Waals surface area contributed by atoms with Gasteiger partial charge >= 0.3 is 0 Å². The van der Waals surface area contributed by atoms with Crippen LogP contribution in [0.1, 0.15) is 20.2 Å². The number of carbonyl (C=O) groups is 1. The summed E-state index contributed by atoms with van der Waals surface area (Å²) in [7, 11) is 0. The maximum absolute atomic E-state index is 12.8. The Morgan fingerprint density at radius 1 is 0.964 bits per heavy atom. The number of aromatic nitrogens is 1. The van der Waals surface area contributed by atoms with Crippen molar-refractivity contribution in [2.75, 3.05) is 0 Å². The molecule has 2 N–H and O–H groups in total. The van der Waals surface area contributed by atoms with Gasteiger partial charge in [-0.05, 0) is 36.2 Å². The van der Waals surface area contributed by atoms with Gasteiger partial charge in [0.2, 0.25) is 0 Å². The van der Waals surface area contributed by atoms with Crippen molar-refractivity contribution < 1.29 is 4.79 Å². The van der Waals surface area contributed by atoms with E-state index in [0.717, 1.165) is 27.3 Å². The van der Waals surface area contributed by atoms with Crippen LogP contribution in [0.15, 0.2) is 84.0 Å². The van der Waals surface area contributed by atoms with Gasteiger partial charge < -0.3 is 4.98 Å². The summed E-state index contributed by atoms with van der Waals surface area (Å²) < 4.78 is 0. The first-order valence-electron chi connectivity index (χ1n) is 8.94. The molecule has 5 heteroatoms. The molecule has 0 radical (unpaired) electrons. The number of hydrazone groups is 1. The number of nitrogens with one attached hydrogen (secondary N) is 2. The largest absolute Gasteiger partial charge is 0.350 e. The van der Waals surface area contributed by atoms with Gasteiger partial charge in [-0.3, -0.25) is 4.79 Å². The van der Waals surface area contributed by atoms with Crippen LogP contribution in [0.25, 0.3) is 22.4 Å². The first-order chi connectivity index (χ1) is 13.7. The number of rotatable bonds is 5. The molecule has 0 atom stereocenters. The number of thiophene rings is 1. The lowest BCUT2D eigenvalue weighted by atomic mass is 10.0. The average Bonchev–Trinajstić information content (AvgIpc) is 3.36. The van der Waals surface area contributed by atoms with Crippen molar-refractivity contribution in [1.29, 1.82) is 0 Å². The number of amides is 1. The van der Waals surface area contributed by atoms with Crippen LogP contribution in [0, 0.1) is 6.92 Å². The molecule has 4 aromatic rings. The van der Waals surface area contributed by atoms with Crippen LogP contribution in [-0.2, 0) is 0 Å². The summed E-state index contributed by atoms with van der Waals surface area (Å²) in [5.41, 5.74) is 6.87. The molecular formula is C23H19N3OS. The molecule has 0 aliphatic carbocycles. The number of aromatic amines is 1. The molecule has 0 unspecified atom stereocenters. The second kappa shape index (κ2) is 8.06. The molecule has 2 aromatic carbocycles. The molecule has 138 valence electrons. The fourth-order valence-corrected chi connectivity index (χ4v) is 3.73. The molecule has 4 rings (SSSR count). The Bertz CT molecular complexity index is 1110. The molecule has 0 aliphatic heterocycles. The molecule has 0 saturated heterocycles. The second-order valence-electron chi connectivity index (χ2n) is 6.35. The van der Waals surface area contributed by atoms with Crippen LogP contribution in [-0.4, -0.2) is 17.1 Å². The topological polar surface area (TPSA) is 57.2 Å². The van der Waals surface area contributed by atoms with E-state index in [9.17, 15) is 4.79 Å². The summed E-state index contributed by atoms with van der Waals surface area (Å²) in [5.74, 6) is -0.273. The lowest BCUT2D eigenvalue weighted by molar-refractivity contribution is 0.0951. The summed E-state index contributed by atoms with van der Waals surface area (Å²) in [6.45, 7) is 2.04. The van der Waals surface area contributed by atoms with E-state index >= 15 is 0 Å². The Hall–Kier alpha value is -3.44. The number of hydrogen-bond donors (Lipinski definition) is 2. The highest BCUT2D eigenvalue weighted by Gasteiger charge is 2.17. The van der Waals surface area contributed by atoms with Crippen molar-refractivity contribution in [3.8, 4) is 22.4 Å². The molecule has 2 aromatic heterocycles. The van der Waals surface area contributed by atoms with E-state index in [1.807, 2.05) is 85.8 Å². The first-order valence-corrected chi connectivity index (χ1v) is 9.76. The van der Waals surface area contributed by atoms with Crippen molar-refractivity contribution in [2.24, 2.45) is 5.10 Å². The molecule has 0 aliphatic rings. The minimum atomic E-state index is -0.273. The molecule has 0 saturated carbocycles. The summed E-state index contributed by atoms with van der Waals surface area (Å²) in [5, 5.41) is 4.11. The average molecular weight is 385 g/mol. The van der Waals surface area contributed by atoms with E-state index in [2.05, 4.69) is 15.5 Å².